The van der Waals surface area contributed by atoms with Crippen molar-refractivity contribution in [2.45, 2.75) is 82.3 Å². The SMILES string of the molecule is C=C(NCC)c1ccc2c(c1)CCc1cc(C(=O)NCC)ccc1C2(C[C@H](NCC(=O)N1C(C#N)C[C@@H]2CC21)C1CC1)c1nn[nH]n1. The molecule has 11 heteroatoms. The average molecular weight is 634 g/mol. The second-order valence-electron chi connectivity index (χ2n) is 13.5. The van der Waals surface area contributed by atoms with E-state index in [2.05, 4.69) is 80.4 Å². The van der Waals surface area contributed by atoms with Crippen molar-refractivity contribution in [1.29, 1.82) is 5.26 Å². The lowest BCUT2D eigenvalue weighted by Gasteiger charge is -2.37. The first-order valence-corrected chi connectivity index (χ1v) is 17.0. The molecule has 3 aromatic rings. The lowest BCUT2D eigenvalue weighted by atomic mass is 9.67. The van der Waals surface area contributed by atoms with Crippen molar-refractivity contribution in [3.8, 4) is 6.07 Å². The number of aromatic nitrogens is 4. The van der Waals surface area contributed by atoms with Crippen molar-refractivity contribution in [2.75, 3.05) is 19.6 Å². The quantitative estimate of drug-likeness (QED) is 0.237. The van der Waals surface area contributed by atoms with E-state index in [1.807, 2.05) is 24.0 Å². The standard InChI is InChI=1S/C36H43N9O2/c1-4-38-21(3)23-10-12-29-24(14-23)8-9-25-15-26(34(47)39-5-2)11-13-30(25)36(29,35-41-43-44-42-35)18-31(22-6-7-22)40-20-33(46)45-28(19-37)16-27-17-32(27)45/h10-15,22,27-28,31-32,38,40H,3-9,16-18,20H2,1-2H3,(H,39,47)(H,41,42,43,44)/t27-,28?,31+,32?,36?/m1/s1. The van der Waals surface area contributed by atoms with Crippen molar-refractivity contribution >= 4 is 17.5 Å². The maximum Gasteiger partial charge on any atom is 0.251 e. The fourth-order valence-electron chi connectivity index (χ4n) is 8.12. The molecule has 4 N–H and O–H groups in total. The third-order valence-corrected chi connectivity index (χ3v) is 10.6. The molecule has 0 spiro atoms. The molecule has 1 saturated heterocycles. The van der Waals surface area contributed by atoms with E-state index in [1.165, 1.54) is 5.56 Å². The molecule has 2 saturated carbocycles. The Hall–Kier alpha value is -4.56. The van der Waals surface area contributed by atoms with Crippen LogP contribution in [-0.4, -0.2) is 75.1 Å². The van der Waals surface area contributed by atoms with Gasteiger partial charge < -0.3 is 20.9 Å². The predicted molar refractivity (Wildman–Crippen MR) is 177 cm³/mol. The number of fused-ring (bicyclic) bond motifs is 3. The lowest BCUT2D eigenvalue weighted by Crippen LogP contribution is -2.48. The molecular formula is C36H43N9O2. The van der Waals surface area contributed by atoms with Gasteiger partial charge in [0.05, 0.1) is 18.0 Å². The number of nitrogens with zero attached hydrogens (tertiary/aromatic N) is 5. The van der Waals surface area contributed by atoms with Crippen LogP contribution in [0.3, 0.4) is 0 Å². The van der Waals surface area contributed by atoms with Crippen LogP contribution in [0.1, 0.15) is 90.0 Å². The van der Waals surface area contributed by atoms with E-state index in [9.17, 15) is 14.9 Å². The molecule has 3 unspecified atom stereocenters. The third kappa shape index (κ3) is 5.69. The summed E-state index contributed by atoms with van der Waals surface area (Å²) in [7, 11) is 0. The molecule has 47 heavy (non-hydrogen) atoms. The lowest BCUT2D eigenvalue weighted by molar-refractivity contribution is -0.131. The minimum absolute atomic E-state index is 0.000587. The van der Waals surface area contributed by atoms with E-state index in [4.69, 9.17) is 0 Å². The van der Waals surface area contributed by atoms with Crippen LogP contribution in [0.15, 0.2) is 43.0 Å². The van der Waals surface area contributed by atoms with Gasteiger partial charge in [-0.1, -0.05) is 30.0 Å². The molecule has 3 fully saturated rings. The van der Waals surface area contributed by atoms with Crippen LogP contribution in [0.25, 0.3) is 5.70 Å². The van der Waals surface area contributed by atoms with Gasteiger partial charge in [-0.3, -0.25) is 9.59 Å². The van der Waals surface area contributed by atoms with Crippen LogP contribution in [0.5, 0.6) is 0 Å². The van der Waals surface area contributed by atoms with E-state index in [0.717, 1.165) is 73.0 Å². The molecule has 1 aliphatic heterocycles. The topological polar surface area (TPSA) is 152 Å². The highest BCUT2D eigenvalue weighted by molar-refractivity contribution is 5.94. The minimum Gasteiger partial charge on any atom is -0.385 e. The maximum absolute atomic E-state index is 13.6. The van der Waals surface area contributed by atoms with E-state index in [0.29, 0.717) is 36.2 Å². The van der Waals surface area contributed by atoms with Crippen LogP contribution in [0.4, 0.5) is 0 Å². The van der Waals surface area contributed by atoms with Crippen molar-refractivity contribution in [2.24, 2.45) is 11.8 Å². The molecule has 5 atom stereocenters. The van der Waals surface area contributed by atoms with Gasteiger partial charge in [-0.2, -0.15) is 10.5 Å². The summed E-state index contributed by atoms with van der Waals surface area (Å²) in [6.45, 7) is 9.76. The first-order valence-electron chi connectivity index (χ1n) is 17.0. The molecular weight excluding hydrogens is 590 g/mol. The van der Waals surface area contributed by atoms with Gasteiger partial charge in [0.2, 0.25) is 5.91 Å². The fourth-order valence-corrected chi connectivity index (χ4v) is 8.12. The number of aryl methyl sites for hydroxylation is 2. The number of benzene rings is 2. The molecule has 4 aliphatic rings. The van der Waals surface area contributed by atoms with Crippen LogP contribution >= 0.6 is 0 Å². The number of nitriles is 1. The Morgan fingerprint density at radius 1 is 1.06 bits per heavy atom. The number of rotatable bonds is 12. The molecule has 2 heterocycles. The Bertz CT molecular complexity index is 1650. The molecule has 3 aliphatic carbocycles. The van der Waals surface area contributed by atoms with Crippen molar-refractivity contribution < 1.29 is 9.59 Å². The second-order valence-corrected chi connectivity index (χ2v) is 13.5. The number of carbonyl (C=O) groups excluding carboxylic acids is 2. The van der Waals surface area contributed by atoms with Gasteiger partial charge in [0.1, 0.15) is 6.04 Å². The number of hydrogen-bond donors (Lipinski definition) is 4. The van der Waals surface area contributed by atoms with Gasteiger partial charge in [0, 0.05) is 36.4 Å². The van der Waals surface area contributed by atoms with Crippen LogP contribution in [0, 0.1) is 23.2 Å². The third-order valence-electron chi connectivity index (χ3n) is 10.6. The summed E-state index contributed by atoms with van der Waals surface area (Å²) < 4.78 is 0. The first kappa shape index (κ1) is 31.1. The number of carbonyl (C=O) groups is 2. The van der Waals surface area contributed by atoms with Gasteiger partial charge in [-0.25, -0.2) is 0 Å². The number of aromatic amines is 1. The molecule has 0 bridgehead atoms. The normalized spacial score (nSPS) is 24.6. The van der Waals surface area contributed by atoms with Crippen LogP contribution in [0.2, 0.25) is 0 Å². The number of tetrazole rings is 1. The van der Waals surface area contributed by atoms with Gasteiger partial charge >= 0.3 is 0 Å². The smallest absolute Gasteiger partial charge is 0.251 e. The maximum atomic E-state index is 13.6. The summed E-state index contributed by atoms with van der Waals surface area (Å²) in [4.78, 5) is 28.4. The summed E-state index contributed by atoms with van der Waals surface area (Å²) in [5.41, 5.74) is 6.10. The first-order chi connectivity index (χ1) is 22.9. The Balaban J connectivity index is 1.31. The largest absolute Gasteiger partial charge is 0.385 e. The van der Waals surface area contributed by atoms with Crippen molar-refractivity contribution in [1.82, 2.24) is 41.5 Å². The highest BCUT2D eigenvalue weighted by atomic mass is 16.2. The summed E-state index contributed by atoms with van der Waals surface area (Å²) in [5.74, 6) is 1.33. The van der Waals surface area contributed by atoms with Crippen LogP contribution in [-0.2, 0) is 23.1 Å². The van der Waals surface area contributed by atoms with E-state index >= 15 is 0 Å². The van der Waals surface area contributed by atoms with E-state index in [1.54, 1.807) is 0 Å². The summed E-state index contributed by atoms with van der Waals surface area (Å²) in [6, 6.07) is 14.7. The number of piperidine rings is 1. The average Bonchev–Trinajstić information content (AvgIpc) is 3.99. The summed E-state index contributed by atoms with van der Waals surface area (Å²) in [5, 5.41) is 35.8. The zero-order valence-electron chi connectivity index (χ0n) is 27.2. The van der Waals surface area contributed by atoms with Gasteiger partial charge in [-0.05, 0) is 117 Å². The zero-order chi connectivity index (χ0) is 32.7. The number of amides is 2. The second kappa shape index (κ2) is 12.6. The van der Waals surface area contributed by atoms with Gasteiger partial charge in [0.25, 0.3) is 5.91 Å². The monoisotopic (exact) mass is 633 g/mol. The molecule has 11 nitrogen and oxygen atoms in total. The van der Waals surface area contributed by atoms with Crippen molar-refractivity contribution in [3.63, 3.8) is 0 Å². The zero-order valence-corrected chi connectivity index (χ0v) is 27.2. The molecule has 7 rings (SSSR count). The molecule has 2 amide bonds. The molecule has 0 radical (unpaired) electrons. The van der Waals surface area contributed by atoms with E-state index < -0.39 is 5.41 Å². The molecule has 1 aromatic heterocycles. The van der Waals surface area contributed by atoms with Crippen LogP contribution < -0.4 is 16.0 Å². The number of nitrogens with one attached hydrogen (secondary N) is 4. The Morgan fingerprint density at radius 2 is 1.77 bits per heavy atom. The Kier molecular flexibility index (Phi) is 8.30. The molecule has 244 valence electrons. The van der Waals surface area contributed by atoms with Gasteiger partial charge in [-0.15, -0.1) is 10.2 Å². The number of H-pyrrole nitrogens is 1. The summed E-state index contributed by atoms with van der Waals surface area (Å²) >= 11 is 0. The van der Waals surface area contributed by atoms with Crippen molar-refractivity contribution in [3.05, 3.63) is 82.2 Å². The predicted octanol–water partition coefficient (Wildman–Crippen LogP) is 3.23. The Morgan fingerprint density at radius 3 is 2.40 bits per heavy atom. The highest BCUT2D eigenvalue weighted by Crippen LogP contribution is 2.50. The minimum atomic E-state index is -0.806. The number of likely N-dealkylation sites (tertiary alicyclic amines) is 1. The molecule has 2 aromatic carbocycles. The highest BCUT2D eigenvalue weighted by Gasteiger charge is 2.54. The summed E-state index contributed by atoms with van der Waals surface area (Å²) in [6.07, 6.45) is 6.03. The number of hydrogen-bond acceptors (Lipinski definition) is 8. The Labute approximate surface area is 275 Å². The van der Waals surface area contributed by atoms with Gasteiger partial charge in [0.15, 0.2) is 5.82 Å². The van der Waals surface area contributed by atoms with E-state index in [-0.39, 0.29) is 36.5 Å². The fraction of sp³-hybridized carbons (Fsp3) is 0.500.